The van der Waals surface area contributed by atoms with Gasteiger partial charge in [0.2, 0.25) is 5.89 Å². The van der Waals surface area contributed by atoms with Crippen molar-refractivity contribution in [2.75, 3.05) is 16.8 Å². The average Bonchev–Trinajstić information content (AvgIpc) is 3.39. The molecule has 1 unspecified atom stereocenters. The Morgan fingerprint density at radius 2 is 2.00 bits per heavy atom. The van der Waals surface area contributed by atoms with Crippen molar-refractivity contribution in [3.63, 3.8) is 0 Å². The highest BCUT2D eigenvalue weighted by atomic mass is 16.5. The molecule has 1 atom stereocenters. The Morgan fingerprint density at radius 1 is 1.21 bits per heavy atom. The van der Waals surface area contributed by atoms with Crippen molar-refractivity contribution in [3.8, 4) is 0 Å². The highest BCUT2D eigenvalue weighted by Crippen LogP contribution is 2.34. The lowest BCUT2D eigenvalue weighted by Crippen LogP contribution is -2.24. The molecule has 1 amide bonds. The van der Waals surface area contributed by atoms with E-state index in [0.29, 0.717) is 17.3 Å². The zero-order chi connectivity index (χ0) is 20.4. The number of anilines is 2. The Labute approximate surface area is 170 Å². The van der Waals surface area contributed by atoms with E-state index in [2.05, 4.69) is 25.3 Å². The number of benzene rings is 1. The first-order valence-electron chi connectivity index (χ1n) is 9.95. The van der Waals surface area contributed by atoms with Crippen molar-refractivity contribution in [1.29, 1.82) is 0 Å². The number of amides is 1. The standard InChI is InChI=1S/C22H25N5O2/c1-14(2)22-25-20(26-29-22)18-5-4-12-27(18)19-11-8-16(13-23-19)21(28)24-17-9-6-15(3)7-10-17/h6-11,13-14,18H,4-5,12H2,1-3H3,(H,24,28). The lowest BCUT2D eigenvalue weighted by atomic mass is 10.2. The third-order valence-electron chi connectivity index (χ3n) is 5.12. The van der Waals surface area contributed by atoms with Gasteiger partial charge in [-0.15, -0.1) is 0 Å². The predicted octanol–water partition coefficient (Wildman–Crippen LogP) is 4.49. The molecule has 2 aromatic heterocycles. The maximum absolute atomic E-state index is 12.5. The van der Waals surface area contributed by atoms with Crippen LogP contribution in [-0.4, -0.2) is 27.6 Å². The molecule has 0 saturated carbocycles. The maximum Gasteiger partial charge on any atom is 0.257 e. The summed E-state index contributed by atoms with van der Waals surface area (Å²) >= 11 is 0. The monoisotopic (exact) mass is 391 g/mol. The van der Waals surface area contributed by atoms with Gasteiger partial charge in [0, 0.05) is 24.3 Å². The molecule has 1 aromatic carbocycles. The van der Waals surface area contributed by atoms with Gasteiger partial charge in [0.25, 0.3) is 5.91 Å². The van der Waals surface area contributed by atoms with Gasteiger partial charge in [-0.1, -0.05) is 36.7 Å². The normalized spacial score (nSPS) is 16.4. The number of aromatic nitrogens is 3. The largest absolute Gasteiger partial charge is 0.346 e. The number of rotatable bonds is 5. The van der Waals surface area contributed by atoms with Gasteiger partial charge in [-0.3, -0.25) is 4.79 Å². The van der Waals surface area contributed by atoms with Crippen LogP contribution in [0, 0.1) is 6.92 Å². The molecule has 1 fully saturated rings. The summed E-state index contributed by atoms with van der Waals surface area (Å²) in [5.74, 6) is 2.20. The van der Waals surface area contributed by atoms with Gasteiger partial charge < -0.3 is 14.7 Å². The van der Waals surface area contributed by atoms with Crippen molar-refractivity contribution < 1.29 is 9.32 Å². The van der Waals surface area contributed by atoms with E-state index >= 15 is 0 Å². The molecule has 3 heterocycles. The fourth-order valence-electron chi connectivity index (χ4n) is 3.46. The van der Waals surface area contributed by atoms with E-state index in [1.807, 2.05) is 51.1 Å². The summed E-state index contributed by atoms with van der Waals surface area (Å²) < 4.78 is 5.38. The minimum Gasteiger partial charge on any atom is -0.346 e. The van der Waals surface area contributed by atoms with Crippen LogP contribution in [0.1, 0.15) is 66.3 Å². The van der Waals surface area contributed by atoms with E-state index in [1.165, 1.54) is 0 Å². The molecule has 0 bridgehead atoms. The molecule has 0 aliphatic carbocycles. The first-order chi connectivity index (χ1) is 14.0. The quantitative estimate of drug-likeness (QED) is 0.690. The molecule has 1 aliphatic rings. The number of nitrogens with one attached hydrogen (secondary N) is 1. The number of aryl methyl sites for hydroxylation is 1. The Hall–Kier alpha value is -3.22. The number of carbonyl (C=O) groups is 1. The van der Waals surface area contributed by atoms with Gasteiger partial charge in [-0.05, 0) is 44.0 Å². The summed E-state index contributed by atoms with van der Waals surface area (Å²) in [7, 11) is 0. The summed E-state index contributed by atoms with van der Waals surface area (Å²) in [6.45, 7) is 6.95. The van der Waals surface area contributed by atoms with Gasteiger partial charge >= 0.3 is 0 Å². The van der Waals surface area contributed by atoms with Gasteiger partial charge in [0.05, 0.1) is 11.6 Å². The molecule has 7 nitrogen and oxygen atoms in total. The van der Waals surface area contributed by atoms with E-state index in [4.69, 9.17) is 4.52 Å². The van der Waals surface area contributed by atoms with Gasteiger partial charge in [-0.2, -0.15) is 4.98 Å². The molecular weight excluding hydrogens is 366 g/mol. The third-order valence-corrected chi connectivity index (χ3v) is 5.12. The summed E-state index contributed by atoms with van der Waals surface area (Å²) in [6, 6.07) is 11.4. The zero-order valence-electron chi connectivity index (χ0n) is 16.9. The Balaban J connectivity index is 1.47. The van der Waals surface area contributed by atoms with E-state index in [-0.39, 0.29) is 17.9 Å². The van der Waals surface area contributed by atoms with Crippen LogP contribution in [-0.2, 0) is 0 Å². The predicted molar refractivity (Wildman–Crippen MR) is 111 cm³/mol. The topological polar surface area (TPSA) is 84.2 Å². The number of pyridine rings is 1. The van der Waals surface area contributed by atoms with E-state index in [1.54, 1.807) is 12.3 Å². The van der Waals surface area contributed by atoms with Crippen LogP contribution in [0.25, 0.3) is 0 Å². The SMILES string of the molecule is Cc1ccc(NC(=O)c2ccc(N3CCCC3c3noc(C(C)C)n3)nc2)cc1. The number of hydrogen-bond acceptors (Lipinski definition) is 6. The Kier molecular flexibility index (Phi) is 5.29. The van der Waals surface area contributed by atoms with Crippen LogP contribution >= 0.6 is 0 Å². The van der Waals surface area contributed by atoms with Gasteiger partial charge in [0.1, 0.15) is 5.82 Å². The molecule has 4 rings (SSSR count). The van der Waals surface area contributed by atoms with E-state index < -0.39 is 0 Å². The molecular formula is C22H25N5O2. The molecule has 7 heteroatoms. The van der Waals surface area contributed by atoms with Crippen LogP contribution in [0.15, 0.2) is 47.1 Å². The second-order valence-electron chi connectivity index (χ2n) is 7.72. The average molecular weight is 391 g/mol. The minimum absolute atomic E-state index is 0.0472. The molecule has 150 valence electrons. The van der Waals surface area contributed by atoms with Crippen molar-refractivity contribution >= 4 is 17.4 Å². The molecule has 29 heavy (non-hydrogen) atoms. The lowest BCUT2D eigenvalue weighted by molar-refractivity contribution is 0.102. The first kappa shape index (κ1) is 19.1. The maximum atomic E-state index is 12.5. The first-order valence-corrected chi connectivity index (χ1v) is 9.95. The third kappa shape index (κ3) is 4.13. The van der Waals surface area contributed by atoms with Crippen LogP contribution in [0.3, 0.4) is 0 Å². The fourth-order valence-corrected chi connectivity index (χ4v) is 3.46. The van der Waals surface area contributed by atoms with Gasteiger partial charge in [0.15, 0.2) is 5.82 Å². The van der Waals surface area contributed by atoms with E-state index in [9.17, 15) is 4.79 Å². The second-order valence-corrected chi connectivity index (χ2v) is 7.72. The Morgan fingerprint density at radius 3 is 2.66 bits per heavy atom. The number of hydrogen-bond donors (Lipinski definition) is 1. The number of carbonyl (C=O) groups excluding carboxylic acids is 1. The summed E-state index contributed by atoms with van der Waals surface area (Å²) in [6.07, 6.45) is 3.60. The van der Waals surface area contributed by atoms with Crippen molar-refractivity contribution in [1.82, 2.24) is 15.1 Å². The van der Waals surface area contributed by atoms with Crippen LogP contribution in [0.2, 0.25) is 0 Å². The second kappa shape index (κ2) is 8.03. The molecule has 1 saturated heterocycles. The van der Waals surface area contributed by atoms with Crippen LogP contribution < -0.4 is 10.2 Å². The fraction of sp³-hybridized carbons (Fsp3) is 0.364. The van der Waals surface area contributed by atoms with E-state index in [0.717, 1.165) is 36.5 Å². The summed E-state index contributed by atoms with van der Waals surface area (Å²) in [5, 5.41) is 7.07. The van der Waals surface area contributed by atoms with Crippen molar-refractivity contribution in [2.45, 2.75) is 45.6 Å². The number of nitrogens with zero attached hydrogens (tertiary/aromatic N) is 4. The van der Waals surface area contributed by atoms with Crippen molar-refractivity contribution in [2.24, 2.45) is 0 Å². The smallest absolute Gasteiger partial charge is 0.257 e. The highest BCUT2D eigenvalue weighted by molar-refractivity contribution is 6.04. The molecule has 0 spiro atoms. The molecule has 0 radical (unpaired) electrons. The highest BCUT2D eigenvalue weighted by Gasteiger charge is 2.31. The summed E-state index contributed by atoms with van der Waals surface area (Å²) in [4.78, 5) is 23.8. The lowest BCUT2D eigenvalue weighted by Gasteiger charge is -2.23. The summed E-state index contributed by atoms with van der Waals surface area (Å²) in [5.41, 5.74) is 2.44. The minimum atomic E-state index is -0.175. The van der Waals surface area contributed by atoms with Crippen molar-refractivity contribution in [3.05, 3.63) is 65.4 Å². The van der Waals surface area contributed by atoms with Crippen LogP contribution in [0.4, 0.5) is 11.5 Å². The molecule has 1 aliphatic heterocycles. The molecule has 3 aromatic rings. The van der Waals surface area contributed by atoms with Gasteiger partial charge in [-0.25, -0.2) is 4.98 Å². The van der Waals surface area contributed by atoms with Crippen LogP contribution in [0.5, 0.6) is 0 Å². The zero-order valence-corrected chi connectivity index (χ0v) is 16.9. The molecule has 1 N–H and O–H groups in total. The Bertz CT molecular complexity index is 979.